The van der Waals surface area contributed by atoms with Gasteiger partial charge < -0.3 is 16.0 Å². The Balaban J connectivity index is 0. The monoisotopic (exact) mass is 337 g/mol. The average Bonchev–Trinajstić information content (AvgIpc) is 3.07. The van der Waals surface area contributed by atoms with Crippen molar-refractivity contribution in [2.24, 2.45) is 0 Å². The van der Waals surface area contributed by atoms with Gasteiger partial charge in [-0.1, -0.05) is 30.3 Å². The second-order valence-electron chi connectivity index (χ2n) is 5.15. The number of aryl methyl sites for hydroxylation is 1. The fourth-order valence-electron chi connectivity index (χ4n) is 1.96. The van der Waals surface area contributed by atoms with Gasteiger partial charge in [0.05, 0.1) is 0 Å². The molecule has 0 saturated carbocycles. The van der Waals surface area contributed by atoms with Gasteiger partial charge in [0.2, 0.25) is 0 Å². The van der Waals surface area contributed by atoms with Crippen LogP contribution in [-0.2, 0) is 12.8 Å². The third-order valence-electron chi connectivity index (χ3n) is 3.05. The van der Waals surface area contributed by atoms with Crippen LogP contribution in [0.25, 0.3) is 0 Å². The third-order valence-corrected chi connectivity index (χ3v) is 3.78. The lowest BCUT2D eigenvalue weighted by atomic mass is 10.1. The van der Waals surface area contributed by atoms with Crippen LogP contribution < -0.4 is 16.0 Å². The quantitative estimate of drug-likeness (QED) is 0.677. The van der Waals surface area contributed by atoms with Crippen LogP contribution >= 0.6 is 11.3 Å². The highest BCUT2D eigenvalue weighted by molar-refractivity contribution is 7.07. The van der Waals surface area contributed by atoms with Gasteiger partial charge in [0, 0.05) is 15.9 Å². The van der Waals surface area contributed by atoms with Crippen LogP contribution in [-0.4, -0.2) is 33.2 Å². The summed E-state index contributed by atoms with van der Waals surface area (Å²) in [5.41, 5.74) is 2.59. The molecule has 4 nitrogen and oxygen atoms in total. The maximum Gasteiger partial charge on any atom is 0.314 e. The third kappa shape index (κ3) is 9.71. The summed E-state index contributed by atoms with van der Waals surface area (Å²) in [4.78, 5) is 11.6. The Bertz CT molecular complexity index is 524. The summed E-state index contributed by atoms with van der Waals surface area (Å²) in [6.07, 6.45) is 2.85. The first-order valence-electron chi connectivity index (χ1n) is 7.91. The Hall–Kier alpha value is -1.85. The second-order valence-corrected chi connectivity index (χ2v) is 5.93. The van der Waals surface area contributed by atoms with E-state index in [2.05, 4.69) is 44.9 Å². The summed E-state index contributed by atoms with van der Waals surface area (Å²) in [6.45, 7) is 1.39. The van der Waals surface area contributed by atoms with E-state index in [1.165, 1.54) is 11.1 Å². The Morgan fingerprint density at radius 2 is 1.70 bits per heavy atom. The first-order valence-corrected chi connectivity index (χ1v) is 8.85. The summed E-state index contributed by atoms with van der Waals surface area (Å²) in [5.74, 6) is 0. The van der Waals surface area contributed by atoms with Gasteiger partial charge in [-0.05, 0) is 61.3 Å². The van der Waals surface area contributed by atoms with Crippen molar-refractivity contribution in [1.29, 1.82) is 0 Å². The molecule has 3 N–H and O–H groups in total. The molecule has 0 spiro atoms. The summed E-state index contributed by atoms with van der Waals surface area (Å²) in [5, 5.41) is 12.7. The van der Waals surface area contributed by atoms with Crippen LogP contribution in [0.2, 0.25) is 0 Å². The molecule has 2 amide bonds. The lowest BCUT2D eigenvalue weighted by molar-refractivity contribution is 0.241. The van der Waals surface area contributed by atoms with Crippen LogP contribution in [0.5, 0.6) is 0 Å². The molecule has 2 rings (SSSR count). The fourth-order valence-corrected chi connectivity index (χ4v) is 2.66. The Labute approximate surface area is 146 Å². The van der Waals surface area contributed by atoms with E-state index >= 15 is 0 Å². The van der Waals surface area contributed by atoms with E-state index in [1.54, 1.807) is 11.3 Å². The van der Waals surface area contributed by atoms with Crippen molar-refractivity contribution in [3.05, 3.63) is 58.3 Å². The van der Waals surface area contributed by atoms with Gasteiger partial charge in [-0.2, -0.15) is 11.3 Å². The van der Waals surface area contributed by atoms with Crippen LogP contribution in [0.15, 0.2) is 47.2 Å². The number of thiophene rings is 1. The van der Waals surface area contributed by atoms with Crippen LogP contribution in [0, 0.1) is 0 Å². The van der Waals surface area contributed by atoms with Gasteiger partial charge in [0.15, 0.2) is 0 Å². The number of hydrogen-bond donors (Lipinski definition) is 3. The van der Waals surface area contributed by atoms with Crippen molar-refractivity contribution in [2.45, 2.75) is 19.3 Å². The first kappa shape index (κ1) is 19.2. The van der Waals surface area contributed by atoms with Crippen molar-refractivity contribution >= 4 is 17.4 Å². The number of carbonyl (C=O) groups excluding carboxylic acids is 1. The minimum absolute atomic E-state index is 0. The highest BCUT2D eigenvalue weighted by Gasteiger charge is 1.99. The SMILES string of the molecule is CNC.O=C(NCCCc1ccccc1)NCCc1ccsc1.[HH].[HH]. The lowest BCUT2D eigenvalue weighted by Crippen LogP contribution is -2.37. The van der Waals surface area contributed by atoms with Crippen LogP contribution in [0.1, 0.15) is 20.4 Å². The van der Waals surface area contributed by atoms with E-state index in [9.17, 15) is 4.79 Å². The van der Waals surface area contributed by atoms with Crippen LogP contribution in [0.3, 0.4) is 0 Å². The number of hydrogen-bond acceptors (Lipinski definition) is 3. The summed E-state index contributed by atoms with van der Waals surface area (Å²) < 4.78 is 0. The van der Waals surface area contributed by atoms with Gasteiger partial charge in [-0.15, -0.1) is 0 Å². The van der Waals surface area contributed by atoms with Crippen molar-refractivity contribution in [3.8, 4) is 0 Å². The molecule has 0 radical (unpaired) electrons. The molecule has 1 aromatic carbocycles. The van der Waals surface area contributed by atoms with Crippen LogP contribution in [0.4, 0.5) is 4.79 Å². The molecular formula is C18H31N3OS. The first-order chi connectivity index (χ1) is 11.3. The molecule has 130 valence electrons. The molecule has 0 unspecified atom stereocenters. The van der Waals surface area contributed by atoms with Crippen molar-refractivity contribution in [1.82, 2.24) is 16.0 Å². The molecule has 0 saturated heterocycles. The molecule has 0 bridgehead atoms. The molecule has 1 aromatic heterocycles. The van der Waals surface area contributed by atoms with Crippen molar-refractivity contribution < 1.29 is 7.65 Å². The molecule has 0 aliphatic rings. The zero-order valence-corrected chi connectivity index (χ0v) is 14.8. The van der Waals surface area contributed by atoms with E-state index in [-0.39, 0.29) is 8.88 Å². The van der Waals surface area contributed by atoms with Crippen molar-refractivity contribution in [3.63, 3.8) is 0 Å². The van der Waals surface area contributed by atoms with Gasteiger partial charge in [0.1, 0.15) is 0 Å². The molecule has 1 heterocycles. The van der Waals surface area contributed by atoms with Gasteiger partial charge in [-0.25, -0.2) is 4.79 Å². The molecule has 0 aliphatic heterocycles. The van der Waals surface area contributed by atoms with Crippen molar-refractivity contribution in [2.75, 3.05) is 27.2 Å². The van der Waals surface area contributed by atoms with E-state index in [0.29, 0.717) is 13.1 Å². The number of carbonyl (C=O) groups is 1. The van der Waals surface area contributed by atoms with E-state index < -0.39 is 0 Å². The molecule has 5 heteroatoms. The fraction of sp³-hybridized carbons (Fsp3) is 0.389. The van der Waals surface area contributed by atoms with Gasteiger partial charge in [0.25, 0.3) is 0 Å². The highest BCUT2D eigenvalue weighted by Crippen LogP contribution is 2.05. The van der Waals surface area contributed by atoms with E-state index in [0.717, 1.165) is 19.3 Å². The zero-order valence-electron chi connectivity index (χ0n) is 14.0. The number of urea groups is 1. The highest BCUT2D eigenvalue weighted by atomic mass is 32.1. The minimum Gasteiger partial charge on any atom is -0.338 e. The Morgan fingerprint density at radius 1 is 1.00 bits per heavy atom. The number of nitrogens with one attached hydrogen (secondary N) is 3. The zero-order chi connectivity index (χ0) is 16.8. The second kappa shape index (κ2) is 12.7. The topological polar surface area (TPSA) is 53.2 Å². The van der Waals surface area contributed by atoms with E-state index in [1.807, 2.05) is 32.3 Å². The molecule has 23 heavy (non-hydrogen) atoms. The maximum atomic E-state index is 11.6. The molecular weight excluding hydrogens is 306 g/mol. The number of benzene rings is 1. The lowest BCUT2D eigenvalue weighted by Gasteiger charge is -2.07. The molecule has 0 aliphatic carbocycles. The van der Waals surface area contributed by atoms with Gasteiger partial charge >= 0.3 is 6.03 Å². The Morgan fingerprint density at radius 3 is 2.35 bits per heavy atom. The Kier molecular flexibility index (Phi) is 10.6. The standard InChI is InChI=1S/C16H20N2OS.C2H7N.2H2/c19-16(18-11-8-15-9-12-20-13-15)17-10-4-7-14-5-2-1-3-6-14;1-3-2;;/h1-3,5-6,9,12-13H,4,7-8,10-11H2,(H2,17,18,19);3H,1-2H3;2*1H. The normalized spacial score (nSPS) is 9.65. The summed E-state index contributed by atoms with van der Waals surface area (Å²) in [7, 11) is 3.75. The van der Waals surface area contributed by atoms with Gasteiger partial charge in [-0.3, -0.25) is 0 Å². The minimum atomic E-state index is -0.0757. The smallest absolute Gasteiger partial charge is 0.314 e. The summed E-state index contributed by atoms with van der Waals surface area (Å²) >= 11 is 1.68. The number of rotatable bonds is 7. The average molecular weight is 338 g/mol. The molecule has 2 aromatic rings. The summed E-state index contributed by atoms with van der Waals surface area (Å²) in [6, 6.07) is 12.3. The van der Waals surface area contributed by atoms with E-state index in [4.69, 9.17) is 0 Å². The molecule has 0 fully saturated rings. The predicted octanol–water partition coefficient (Wildman–Crippen LogP) is 3.55. The predicted molar refractivity (Wildman–Crippen MR) is 103 cm³/mol. The maximum absolute atomic E-state index is 11.6. The largest absolute Gasteiger partial charge is 0.338 e. The number of amides is 2. The molecule has 0 atom stereocenters.